The number of aromatic nitrogens is 2. The van der Waals surface area contributed by atoms with Crippen LogP contribution in [-0.2, 0) is 0 Å². The number of halogens is 1. The highest BCUT2D eigenvalue weighted by molar-refractivity contribution is 6.34. The molecule has 2 heterocycles. The Labute approximate surface area is 62.8 Å². The molecule has 1 N–H and O–H groups in total. The van der Waals surface area contributed by atoms with E-state index < -0.39 is 0 Å². The molecule has 0 unspecified atom stereocenters. The van der Waals surface area contributed by atoms with Crippen molar-refractivity contribution in [3.63, 3.8) is 0 Å². The van der Waals surface area contributed by atoms with Gasteiger partial charge in [0.25, 0.3) is 0 Å². The Morgan fingerprint density at radius 2 is 2.30 bits per heavy atom. The number of hydrogen-bond donors (Lipinski definition) is 1. The molecule has 50 valence electrons. The zero-order chi connectivity index (χ0) is 6.97. The molecule has 0 amide bonds. The van der Waals surface area contributed by atoms with Crippen LogP contribution in [0.3, 0.4) is 0 Å². The SMILES string of the molecule is Clc1ccnc2cc[nH]c12. The molecule has 0 radical (unpaired) electrons. The zero-order valence-electron chi connectivity index (χ0n) is 5.13. The van der Waals surface area contributed by atoms with Gasteiger partial charge >= 0.3 is 0 Å². The molecule has 0 aliphatic carbocycles. The van der Waals surface area contributed by atoms with E-state index in [1.54, 1.807) is 12.3 Å². The maximum Gasteiger partial charge on any atom is 0.0894 e. The molecule has 0 saturated carbocycles. The first-order valence-electron chi connectivity index (χ1n) is 2.95. The largest absolute Gasteiger partial charge is 0.359 e. The number of nitrogens with zero attached hydrogens (tertiary/aromatic N) is 1. The molecule has 2 rings (SSSR count). The second-order valence-corrected chi connectivity index (χ2v) is 2.44. The molecule has 0 bridgehead atoms. The first kappa shape index (κ1) is 5.74. The minimum atomic E-state index is 0.718. The lowest BCUT2D eigenvalue weighted by Crippen LogP contribution is -1.73. The van der Waals surface area contributed by atoms with E-state index in [-0.39, 0.29) is 0 Å². The Hall–Kier alpha value is -1.02. The van der Waals surface area contributed by atoms with Crippen molar-refractivity contribution in [2.24, 2.45) is 0 Å². The van der Waals surface area contributed by atoms with Crippen molar-refractivity contribution < 1.29 is 0 Å². The summed E-state index contributed by atoms with van der Waals surface area (Å²) in [5.41, 5.74) is 1.82. The first-order chi connectivity index (χ1) is 4.88. The van der Waals surface area contributed by atoms with Gasteiger partial charge in [-0.25, -0.2) is 0 Å². The van der Waals surface area contributed by atoms with Gasteiger partial charge in [0.2, 0.25) is 0 Å². The normalized spacial score (nSPS) is 10.5. The van der Waals surface area contributed by atoms with Gasteiger partial charge in [0.05, 0.1) is 16.1 Å². The molecule has 10 heavy (non-hydrogen) atoms. The van der Waals surface area contributed by atoms with Crippen LogP contribution in [0.2, 0.25) is 5.02 Å². The van der Waals surface area contributed by atoms with Gasteiger partial charge in [0, 0.05) is 12.4 Å². The highest BCUT2D eigenvalue weighted by Crippen LogP contribution is 2.18. The maximum absolute atomic E-state index is 5.83. The predicted octanol–water partition coefficient (Wildman–Crippen LogP) is 2.22. The van der Waals surface area contributed by atoms with E-state index in [0.717, 1.165) is 16.1 Å². The lowest BCUT2D eigenvalue weighted by Gasteiger charge is -1.89. The van der Waals surface area contributed by atoms with Crippen LogP contribution < -0.4 is 0 Å². The maximum atomic E-state index is 5.83. The standard InChI is InChI=1S/C7H5ClN2/c8-5-1-3-9-6-2-4-10-7(5)6/h1-4,10H. The Morgan fingerprint density at radius 3 is 3.10 bits per heavy atom. The van der Waals surface area contributed by atoms with Crippen LogP contribution in [-0.4, -0.2) is 9.97 Å². The van der Waals surface area contributed by atoms with Gasteiger partial charge < -0.3 is 4.98 Å². The van der Waals surface area contributed by atoms with E-state index in [1.807, 2.05) is 12.3 Å². The van der Waals surface area contributed by atoms with Crippen LogP contribution >= 0.6 is 11.6 Å². The molecule has 0 aliphatic heterocycles. The Morgan fingerprint density at radius 1 is 1.40 bits per heavy atom. The molecular formula is C7H5ClN2. The molecule has 0 spiro atoms. The lowest BCUT2D eigenvalue weighted by molar-refractivity contribution is 1.41. The van der Waals surface area contributed by atoms with Crippen LogP contribution in [0.5, 0.6) is 0 Å². The van der Waals surface area contributed by atoms with Gasteiger partial charge in [0.15, 0.2) is 0 Å². The van der Waals surface area contributed by atoms with Crippen LogP contribution in [0.4, 0.5) is 0 Å². The molecular weight excluding hydrogens is 148 g/mol. The number of aromatic amines is 1. The summed E-state index contributed by atoms with van der Waals surface area (Å²) in [6.07, 6.45) is 3.52. The topological polar surface area (TPSA) is 28.7 Å². The molecule has 3 heteroatoms. The molecule has 0 saturated heterocycles. The summed E-state index contributed by atoms with van der Waals surface area (Å²) in [5, 5.41) is 0.718. The van der Waals surface area contributed by atoms with Crippen LogP contribution in [0.1, 0.15) is 0 Å². The average Bonchev–Trinajstić information content (AvgIpc) is 2.36. The van der Waals surface area contributed by atoms with Crippen molar-refractivity contribution in [3.8, 4) is 0 Å². The number of rotatable bonds is 0. The van der Waals surface area contributed by atoms with E-state index in [9.17, 15) is 0 Å². The second-order valence-electron chi connectivity index (χ2n) is 2.03. The number of H-pyrrole nitrogens is 1. The lowest BCUT2D eigenvalue weighted by atomic mass is 10.4. The number of pyridine rings is 1. The van der Waals surface area contributed by atoms with Crippen molar-refractivity contribution >= 4 is 22.6 Å². The fourth-order valence-corrected chi connectivity index (χ4v) is 1.13. The van der Waals surface area contributed by atoms with Crippen LogP contribution in [0, 0.1) is 0 Å². The van der Waals surface area contributed by atoms with E-state index in [2.05, 4.69) is 9.97 Å². The summed E-state index contributed by atoms with van der Waals surface area (Å²) in [6, 6.07) is 3.65. The average molecular weight is 153 g/mol. The third kappa shape index (κ3) is 0.693. The summed E-state index contributed by atoms with van der Waals surface area (Å²) in [6.45, 7) is 0. The molecule has 0 aliphatic rings. The highest BCUT2D eigenvalue weighted by atomic mass is 35.5. The summed E-state index contributed by atoms with van der Waals surface area (Å²) < 4.78 is 0. The number of nitrogens with one attached hydrogen (secondary N) is 1. The fourth-order valence-electron chi connectivity index (χ4n) is 0.926. The Bertz CT molecular complexity index is 353. The van der Waals surface area contributed by atoms with Gasteiger partial charge in [-0.05, 0) is 12.1 Å². The molecule has 2 aromatic heterocycles. The van der Waals surface area contributed by atoms with Crippen molar-refractivity contribution in [2.75, 3.05) is 0 Å². The minimum Gasteiger partial charge on any atom is -0.359 e. The predicted molar refractivity (Wildman–Crippen MR) is 41.1 cm³/mol. The fraction of sp³-hybridized carbons (Fsp3) is 0. The van der Waals surface area contributed by atoms with Crippen molar-refractivity contribution in [3.05, 3.63) is 29.5 Å². The number of hydrogen-bond acceptors (Lipinski definition) is 1. The summed E-state index contributed by atoms with van der Waals surface area (Å²) in [7, 11) is 0. The Balaban J connectivity index is 2.95. The quantitative estimate of drug-likeness (QED) is 0.616. The summed E-state index contributed by atoms with van der Waals surface area (Å²) >= 11 is 5.83. The third-order valence-electron chi connectivity index (χ3n) is 1.40. The van der Waals surface area contributed by atoms with Gasteiger partial charge in [-0.3, -0.25) is 4.98 Å². The molecule has 2 aromatic rings. The van der Waals surface area contributed by atoms with Crippen molar-refractivity contribution in [1.29, 1.82) is 0 Å². The summed E-state index contributed by atoms with van der Waals surface area (Å²) in [5.74, 6) is 0. The molecule has 2 nitrogen and oxygen atoms in total. The van der Waals surface area contributed by atoms with Crippen LogP contribution in [0.25, 0.3) is 11.0 Å². The van der Waals surface area contributed by atoms with Gasteiger partial charge in [-0.2, -0.15) is 0 Å². The molecule has 0 atom stereocenters. The van der Waals surface area contributed by atoms with Gasteiger partial charge in [0.1, 0.15) is 0 Å². The van der Waals surface area contributed by atoms with Crippen molar-refractivity contribution in [2.45, 2.75) is 0 Å². The minimum absolute atomic E-state index is 0.718. The molecule has 0 fully saturated rings. The highest BCUT2D eigenvalue weighted by Gasteiger charge is 1.97. The van der Waals surface area contributed by atoms with Crippen LogP contribution in [0.15, 0.2) is 24.5 Å². The van der Waals surface area contributed by atoms with Gasteiger partial charge in [-0.1, -0.05) is 11.6 Å². The zero-order valence-corrected chi connectivity index (χ0v) is 5.89. The van der Waals surface area contributed by atoms with Gasteiger partial charge in [-0.15, -0.1) is 0 Å². The monoisotopic (exact) mass is 152 g/mol. The second kappa shape index (κ2) is 1.99. The number of fused-ring (bicyclic) bond motifs is 1. The van der Waals surface area contributed by atoms with E-state index in [0.29, 0.717) is 0 Å². The Kier molecular flexibility index (Phi) is 1.14. The van der Waals surface area contributed by atoms with E-state index in [1.165, 1.54) is 0 Å². The van der Waals surface area contributed by atoms with Crippen molar-refractivity contribution in [1.82, 2.24) is 9.97 Å². The smallest absolute Gasteiger partial charge is 0.0894 e. The molecule has 0 aromatic carbocycles. The van der Waals surface area contributed by atoms with E-state index >= 15 is 0 Å². The third-order valence-corrected chi connectivity index (χ3v) is 1.71. The first-order valence-corrected chi connectivity index (χ1v) is 3.33. The van der Waals surface area contributed by atoms with E-state index in [4.69, 9.17) is 11.6 Å². The summed E-state index contributed by atoms with van der Waals surface area (Å²) in [4.78, 5) is 7.08.